The van der Waals surface area contributed by atoms with Crippen molar-refractivity contribution in [2.24, 2.45) is 5.73 Å². The van der Waals surface area contributed by atoms with Gasteiger partial charge < -0.3 is 11.1 Å². The largest absolute Gasteiger partial charge is 0.366 e. The number of primary amides is 1. The Labute approximate surface area is 141 Å². The summed E-state index contributed by atoms with van der Waals surface area (Å²) in [6.45, 7) is 2.53. The molecule has 0 spiro atoms. The minimum atomic E-state index is -0.543. The van der Waals surface area contributed by atoms with E-state index in [4.69, 9.17) is 5.73 Å². The molecule has 0 fully saturated rings. The maximum Gasteiger partial charge on any atom is 0.250 e. The van der Waals surface area contributed by atoms with Gasteiger partial charge in [0.25, 0.3) is 5.91 Å². The van der Waals surface area contributed by atoms with Gasteiger partial charge in [0, 0.05) is 26.1 Å². The first-order chi connectivity index (χ1) is 11.6. The SMILES string of the molecule is NC(=O)c1ccccc1NC(=O)CCN1CCc2ccccc2C1. The molecule has 0 unspecified atom stereocenters. The quantitative estimate of drug-likeness (QED) is 0.885. The molecule has 2 amide bonds. The normalized spacial score (nSPS) is 14.0. The molecule has 3 rings (SSSR count). The minimum Gasteiger partial charge on any atom is -0.366 e. The Kier molecular flexibility index (Phi) is 4.91. The topological polar surface area (TPSA) is 75.4 Å². The summed E-state index contributed by atoms with van der Waals surface area (Å²) >= 11 is 0. The summed E-state index contributed by atoms with van der Waals surface area (Å²) in [5.74, 6) is -0.652. The highest BCUT2D eigenvalue weighted by Crippen LogP contribution is 2.19. The summed E-state index contributed by atoms with van der Waals surface area (Å²) < 4.78 is 0. The Morgan fingerprint density at radius 3 is 2.54 bits per heavy atom. The van der Waals surface area contributed by atoms with Crippen LogP contribution in [0.2, 0.25) is 0 Å². The van der Waals surface area contributed by atoms with Crippen molar-refractivity contribution in [3.8, 4) is 0 Å². The van der Waals surface area contributed by atoms with E-state index in [9.17, 15) is 9.59 Å². The predicted molar refractivity (Wildman–Crippen MR) is 93.6 cm³/mol. The van der Waals surface area contributed by atoms with Gasteiger partial charge in [-0.05, 0) is 29.7 Å². The molecule has 124 valence electrons. The number of carbonyl (C=O) groups excluding carboxylic acids is 2. The third-order valence-corrected chi connectivity index (χ3v) is 4.33. The van der Waals surface area contributed by atoms with Crippen molar-refractivity contribution in [2.75, 3.05) is 18.4 Å². The average molecular weight is 323 g/mol. The second-order valence-electron chi connectivity index (χ2n) is 6.00. The van der Waals surface area contributed by atoms with Crippen LogP contribution in [0.1, 0.15) is 27.9 Å². The molecule has 1 heterocycles. The number of nitrogens with two attached hydrogens (primary N) is 1. The predicted octanol–water partition coefficient (Wildman–Crippen LogP) is 2.17. The molecule has 2 aromatic carbocycles. The molecule has 1 aliphatic rings. The standard InChI is InChI=1S/C19H21N3O2/c20-19(24)16-7-3-4-8-17(16)21-18(23)10-12-22-11-9-14-5-1-2-6-15(14)13-22/h1-8H,9-13H2,(H2,20,24)(H,21,23). The number of rotatable bonds is 5. The zero-order valence-electron chi connectivity index (χ0n) is 13.5. The van der Waals surface area contributed by atoms with Crippen LogP contribution in [0.3, 0.4) is 0 Å². The van der Waals surface area contributed by atoms with Gasteiger partial charge in [-0.25, -0.2) is 0 Å². The summed E-state index contributed by atoms with van der Waals surface area (Å²) in [5, 5.41) is 2.78. The van der Waals surface area contributed by atoms with E-state index >= 15 is 0 Å². The van der Waals surface area contributed by atoms with E-state index in [2.05, 4.69) is 34.5 Å². The number of benzene rings is 2. The van der Waals surface area contributed by atoms with Crippen LogP contribution in [0.15, 0.2) is 48.5 Å². The monoisotopic (exact) mass is 323 g/mol. The van der Waals surface area contributed by atoms with Crippen molar-refractivity contribution >= 4 is 17.5 Å². The highest BCUT2D eigenvalue weighted by molar-refractivity contribution is 6.02. The van der Waals surface area contributed by atoms with Crippen molar-refractivity contribution in [1.29, 1.82) is 0 Å². The Hall–Kier alpha value is -2.66. The van der Waals surface area contributed by atoms with E-state index in [0.29, 0.717) is 24.2 Å². The molecule has 0 saturated heterocycles. The van der Waals surface area contributed by atoms with Crippen LogP contribution in [-0.4, -0.2) is 29.8 Å². The number of nitrogens with zero attached hydrogens (tertiary/aromatic N) is 1. The highest BCUT2D eigenvalue weighted by atomic mass is 16.2. The Bertz CT molecular complexity index is 758. The molecule has 0 saturated carbocycles. The lowest BCUT2D eigenvalue weighted by molar-refractivity contribution is -0.116. The van der Waals surface area contributed by atoms with Gasteiger partial charge in [0.1, 0.15) is 0 Å². The molecule has 1 aliphatic heterocycles. The maximum atomic E-state index is 12.2. The van der Waals surface area contributed by atoms with Crippen LogP contribution >= 0.6 is 0 Å². The van der Waals surface area contributed by atoms with Crippen molar-refractivity contribution < 1.29 is 9.59 Å². The van der Waals surface area contributed by atoms with Gasteiger partial charge in [-0.2, -0.15) is 0 Å². The van der Waals surface area contributed by atoms with E-state index in [0.717, 1.165) is 19.5 Å². The summed E-state index contributed by atoms with van der Waals surface area (Å²) in [5.41, 5.74) is 8.86. The molecule has 2 aromatic rings. The van der Waals surface area contributed by atoms with Crippen molar-refractivity contribution in [1.82, 2.24) is 4.90 Å². The first kappa shape index (κ1) is 16.2. The van der Waals surface area contributed by atoms with Crippen LogP contribution < -0.4 is 11.1 Å². The van der Waals surface area contributed by atoms with Gasteiger partial charge in [-0.15, -0.1) is 0 Å². The van der Waals surface area contributed by atoms with Crippen LogP contribution in [0.25, 0.3) is 0 Å². The van der Waals surface area contributed by atoms with E-state index in [1.165, 1.54) is 11.1 Å². The number of carbonyl (C=O) groups is 2. The molecule has 0 radical (unpaired) electrons. The minimum absolute atomic E-state index is 0.109. The van der Waals surface area contributed by atoms with Crippen LogP contribution in [0.5, 0.6) is 0 Å². The number of fused-ring (bicyclic) bond motifs is 1. The lowest BCUT2D eigenvalue weighted by Crippen LogP contribution is -2.33. The number of amides is 2. The van der Waals surface area contributed by atoms with Crippen LogP contribution in [0, 0.1) is 0 Å². The Balaban J connectivity index is 1.55. The van der Waals surface area contributed by atoms with E-state index in [1.807, 2.05) is 0 Å². The highest BCUT2D eigenvalue weighted by Gasteiger charge is 2.17. The number of para-hydroxylation sites is 1. The fraction of sp³-hybridized carbons (Fsp3) is 0.263. The first-order valence-electron chi connectivity index (χ1n) is 8.11. The molecule has 3 N–H and O–H groups in total. The second kappa shape index (κ2) is 7.27. The van der Waals surface area contributed by atoms with E-state index in [-0.39, 0.29) is 5.91 Å². The lowest BCUT2D eigenvalue weighted by atomic mass is 10.00. The zero-order valence-corrected chi connectivity index (χ0v) is 13.5. The second-order valence-corrected chi connectivity index (χ2v) is 6.00. The first-order valence-corrected chi connectivity index (χ1v) is 8.11. The van der Waals surface area contributed by atoms with Gasteiger partial charge in [-0.1, -0.05) is 36.4 Å². The molecule has 0 aromatic heterocycles. The van der Waals surface area contributed by atoms with Gasteiger partial charge in [0.05, 0.1) is 11.3 Å². The van der Waals surface area contributed by atoms with E-state index in [1.54, 1.807) is 24.3 Å². The van der Waals surface area contributed by atoms with Gasteiger partial charge in [-0.3, -0.25) is 14.5 Å². The molecule has 0 bridgehead atoms. The summed E-state index contributed by atoms with van der Waals surface area (Å²) in [6, 6.07) is 15.2. The summed E-state index contributed by atoms with van der Waals surface area (Å²) in [6.07, 6.45) is 1.40. The maximum absolute atomic E-state index is 12.2. The smallest absolute Gasteiger partial charge is 0.250 e. The number of hydrogen-bond donors (Lipinski definition) is 2. The summed E-state index contributed by atoms with van der Waals surface area (Å²) in [7, 11) is 0. The Morgan fingerprint density at radius 1 is 1.04 bits per heavy atom. The number of hydrogen-bond acceptors (Lipinski definition) is 3. The summed E-state index contributed by atoms with van der Waals surface area (Å²) in [4.78, 5) is 25.9. The molecule has 0 aliphatic carbocycles. The zero-order chi connectivity index (χ0) is 16.9. The van der Waals surface area contributed by atoms with Crippen LogP contribution in [0.4, 0.5) is 5.69 Å². The Morgan fingerprint density at radius 2 is 1.75 bits per heavy atom. The van der Waals surface area contributed by atoms with Crippen molar-refractivity contribution in [3.05, 3.63) is 65.2 Å². The lowest BCUT2D eigenvalue weighted by Gasteiger charge is -2.28. The molecule has 24 heavy (non-hydrogen) atoms. The van der Waals surface area contributed by atoms with Gasteiger partial charge >= 0.3 is 0 Å². The van der Waals surface area contributed by atoms with Gasteiger partial charge in [0.2, 0.25) is 5.91 Å². The molecular weight excluding hydrogens is 302 g/mol. The van der Waals surface area contributed by atoms with Crippen molar-refractivity contribution in [2.45, 2.75) is 19.4 Å². The molecule has 0 atom stereocenters. The van der Waals surface area contributed by atoms with E-state index < -0.39 is 5.91 Å². The molecule has 5 heteroatoms. The molecular formula is C19H21N3O2. The van der Waals surface area contributed by atoms with Gasteiger partial charge in [0.15, 0.2) is 0 Å². The number of anilines is 1. The number of nitrogens with one attached hydrogen (secondary N) is 1. The van der Waals surface area contributed by atoms with Crippen LogP contribution in [-0.2, 0) is 17.8 Å². The fourth-order valence-electron chi connectivity index (χ4n) is 3.02. The average Bonchev–Trinajstić information content (AvgIpc) is 2.60. The third kappa shape index (κ3) is 3.81. The van der Waals surface area contributed by atoms with Crippen molar-refractivity contribution in [3.63, 3.8) is 0 Å². The fourth-order valence-corrected chi connectivity index (χ4v) is 3.02. The third-order valence-electron chi connectivity index (χ3n) is 4.33. The molecule has 5 nitrogen and oxygen atoms in total.